The molecule has 1 atom stereocenters. The first kappa shape index (κ1) is 17.9. The maximum atomic E-state index is 12.5. The molecule has 1 aliphatic heterocycles. The Morgan fingerprint density at radius 3 is 2.70 bits per heavy atom. The van der Waals surface area contributed by atoms with Gasteiger partial charge in [-0.25, -0.2) is 0 Å². The molecule has 2 aromatic carbocycles. The van der Waals surface area contributed by atoms with Gasteiger partial charge in [-0.05, 0) is 72.9 Å². The second kappa shape index (κ2) is 8.03. The fourth-order valence-electron chi connectivity index (χ4n) is 4.01. The zero-order valence-corrected chi connectivity index (χ0v) is 15.9. The third kappa shape index (κ3) is 4.10. The van der Waals surface area contributed by atoms with Crippen LogP contribution in [0.25, 0.3) is 0 Å². The fraction of sp³-hybridized carbons (Fsp3) is 0.435. The number of fused-ring (bicyclic) bond motifs is 2. The number of hydrogen-bond donors (Lipinski definition) is 1. The lowest BCUT2D eigenvalue weighted by Crippen LogP contribution is -2.28. The van der Waals surface area contributed by atoms with Gasteiger partial charge in [-0.15, -0.1) is 0 Å². The molecular formula is C23H27NO3. The average Bonchev–Trinajstić information content (AvgIpc) is 3.18. The van der Waals surface area contributed by atoms with Gasteiger partial charge in [0.2, 0.25) is 12.7 Å². The van der Waals surface area contributed by atoms with Crippen LogP contribution in [0.3, 0.4) is 0 Å². The standard InChI is InChI=1S/C23H27NO3/c1-2-20(19-10-9-17-5-3-4-6-18(17)14-19)24-23(25)12-8-16-7-11-21-22(13-16)27-15-26-21/h7,9-11,13-14,20H,2-6,8,12,15H2,1H3,(H,24,25)/t20-/m1/s1. The summed E-state index contributed by atoms with van der Waals surface area (Å²) in [7, 11) is 0. The highest BCUT2D eigenvalue weighted by molar-refractivity contribution is 5.76. The van der Waals surface area contributed by atoms with Gasteiger partial charge in [-0.1, -0.05) is 31.2 Å². The van der Waals surface area contributed by atoms with Crippen molar-refractivity contribution in [3.8, 4) is 11.5 Å². The van der Waals surface area contributed by atoms with E-state index in [9.17, 15) is 4.79 Å². The summed E-state index contributed by atoms with van der Waals surface area (Å²) in [6, 6.07) is 12.7. The van der Waals surface area contributed by atoms with Gasteiger partial charge in [-0.3, -0.25) is 4.79 Å². The van der Waals surface area contributed by atoms with E-state index in [1.807, 2.05) is 18.2 Å². The van der Waals surface area contributed by atoms with Crippen molar-refractivity contribution in [3.05, 3.63) is 58.7 Å². The van der Waals surface area contributed by atoms with Crippen LogP contribution in [-0.4, -0.2) is 12.7 Å². The predicted molar refractivity (Wildman–Crippen MR) is 105 cm³/mol. The molecule has 27 heavy (non-hydrogen) atoms. The second-order valence-electron chi connectivity index (χ2n) is 7.45. The highest BCUT2D eigenvalue weighted by Crippen LogP contribution is 2.33. The lowest BCUT2D eigenvalue weighted by atomic mass is 9.89. The number of carbonyl (C=O) groups excluding carboxylic acids is 1. The van der Waals surface area contributed by atoms with Gasteiger partial charge >= 0.3 is 0 Å². The minimum atomic E-state index is 0.0847. The van der Waals surface area contributed by atoms with Crippen LogP contribution in [0.1, 0.15) is 60.9 Å². The zero-order valence-electron chi connectivity index (χ0n) is 15.9. The molecule has 0 unspecified atom stereocenters. The molecule has 0 radical (unpaired) electrons. The van der Waals surface area contributed by atoms with E-state index in [1.165, 1.54) is 36.0 Å². The van der Waals surface area contributed by atoms with Gasteiger partial charge in [0.1, 0.15) is 0 Å². The van der Waals surface area contributed by atoms with E-state index in [1.54, 1.807) is 0 Å². The summed E-state index contributed by atoms with van der Waals surface area (Å²) in [6.07, 6.45) is 6.99. The molecule has 1 aliphatic carbocycles. The van der Waals surface area contributed by atoms with Gasteiger partial charge in [0.15, 0.2) is 11.5 Å². The van der Waals surface area contributed by atoms with Crippen LogP contribution in [0.5, 0.6) is 11.5 Å². The van der Waals surface area contributed by atoms with Gasteiger partial charge in [-0.2, -0.15) is 0 Å². The average molecular weight is 365 g/mol. The summed E-state index contributed by atoms with van der Waals surface area (Å²) in [5, 5.41) is 3.22. The number of nitrogens with one attached hydrogen (secondary N) is 1. The van der Waals surface area contributed by atoms with Crippen LogP contribution in [0.15, 0.2) is 36.4 Å². The molecule has 1 heterocycles. The van der Waals surface area contributed by atoms with Crippen molar-refractivity contribution in [2.75, 3.05) is 6.79 Å². The van der Waals surface area contributed by atoms with E-state index in [2.05, 4.69) is 30.4 Å². The number of benzene rings is 2. The summed E-state index contributed by atoms with van der Waals surface area (Å²) in [6.45, 7) is 2.40. The summed E-state index contributed by atoms with van der Waals surface area (Å²) in [5.74, 6) is 1.65. The zero-order chi connectivity index (χ0) is 18.6. The van der Waals surface area contributed by atoms with E-state index in [0.717, 1.165) is 29.9 Å². The highest BCUT2D eigenvalue weighted by atomic mass is 16.7. The Labute approximate surface area is 160 Å². The molecular weight excluding hydrogens is 338 g/mol. The number of amides is 1. The SMILES string of the molecule is CC[C@@H](NC(=O)CCc1ccc2c(c1)OCO2)c1ccc2c(c1)CCCC2. The lowest BCUT2D eigenvalue weighted by Gasteiger charge is -2.21. The first-order chi connectivity index (χ1) is 13.2. The largest absolute Gasteiger partial charge is 0.454 e. The monoisotopic (exact) mass is 365 g/mol. The van der Waals surface area contributed by atoms with Gasteiger partial charge in [0, 0.05) is 6.42 Å². The maximum Gasteiger partial charge on any atom is 0.231 e. The third-order valence-electron chi connectivity index (χ3n) is 5.60. The Hall–Kier alpha value is -2.49. The minimum absolute atomic E-state index is 0.0847. The number of hydrogen-bond acceptors (Lipinski definition) is 3. The topological polar surface area (TPSA) is 47.6 Å². The molecule has 0 spiro atoms. The molecule has 1 N–H and O–H groups in total. The second-order valence-corrected chi connectivity index (χ2v) is 7.45. The normalized spacial score (nSPS) is 15.9. The van der Waals surface area contributed by atoms with Crippen LogP contribution in [0.2, 0.25) is 0 Å². The molecule has 0 saturated heterocycles. The molecule has 0 fully saturated rings. The Morgan fingerprint density at radius 2 is 1.85 bits per heavy atom. The van der Waals surface area contributed by atoms with Crippen molar-refractivity contribution in [1.29, 1.82) is 0 Å². The Bertz CT molecular complexity index is 830. The van der Waals surface area contributed by atoms with Gasteiger partial charge < -0.3 is 14.8 Å². The maximum absolute atomic E-state index is 12.5. The molecule has 4 nitrogen and oxygen atoms in total. The molecule has 2 aliphatic rings. The van der Waals surface area contributed by atoms with Crippen molar-refractivity contribution >= 4 is 5.91 Å². The molecule has 142 valence electrons. The molecule has 0 bridgehead atoms. The number of carbonyl (C=O) groups is 1. The van der Waals surface area contributed by atoms with Crippen molar-refractivity contribution in [2.45, 2.75) is 57.9 Å². The minimum Gasteiger partial charge on any atom is -0.454 e. The summed E-state index contributed by atoms with van der Waals surface area (Å²) in [5.41, 5.74) is 5.27. The molecule has 0 aromatic heterocycles. The van der Waals surface area contributed by atoms with Crippen LogP contribution >= 0.6 is 0 Å². The third-order valence-corrected chi connectivity index (χ3v) is 5.60. The van der Waals surface area contributed by atoms with Crippen molar-refractivity contribution in [3.63, 3.8) is 0 Å². The molecule has 4 heteroatoms. The van der Waals surface area contributed by atoms with E-state index >= 15 is 0 Å². The molecule has 2 aromatic rings. The molecule has 4 rings (SSSR count). The summed E-state index contributed by atoms with van der Waals surface area (Å²) < 4.78 is 10.7. The van der Waals surface area contributed by atoms with Crippen LogP contribution in [0, 0.1) is 0 Å². The Morgan fingerprint density at radius 1 is 1.04 bits per heavy atom. The summed E-state index contributed by atoms with van der Waals surface area (Å²) >= 11 is 0. The first-order valence-electron chi connectivity index (χ1n) is 10.0. The molecule has 1 amide bonds. The number of aryl methyl sites for hydroxylation is 3. The summed E-state index contributed by atoms with van der Waals surface area (Å²) in [4.78, 5) is 12.5. The quantitative estimate of drug-likeness (QED) is 0.820. The Kier molecular flexibility index (Phi) is 5.33. The van der Waals surface area contributed by atoms with Gasteiger partial charge in [0.05, 0.1) is 6.04 Å². The van der Waals surface area contributed by atoms with Crippen molar-refractivity contribution in [1.82, 2.24) is 5.32 Å². The van der Waals surface area contributed by atoms with Crippen molar-refractivity contribution < 1.29 is 14.3 Å². The van der Waals surface area contributed by atoms with Crippen LogP contribution in [0.4, 0.5) is 0 Å². The fourth-order valence-corrected chi connectivity index (χ4v) is 4.01. The van der Waals surface area contributed by atoms with E-state index in [-0.39, 0.29) is 18.7 Å². The smallest absolute Gasteiger partial charge is 0.231 e. The van der Waals surface area contributed by atoms with E-state index < -0.39 is 0 Å². The highest BCUT2D eigenvalue weighted by Gasteiger charge is 2.17. The molecule has 0 saturated carbocycles. The number of ether oxygens (including phenoxy) is 2. The van der Waals surface area contributed by atoms with E-state index in [0.29, 0.717) is 12.8 Å². The first-order valence-corrected chi connectivity index (χ1v) is 10.0. The van der Waals surface area contributed by atoms with Crippen LogP contribution < -0.4 is 14.8 Å². The lowest BCUT2D eigenvalue weighted by molar-refractivity contribution is -0.121. The van der Waals surface area contributed by atoms with Gasteiger partial charge in [0.25, 0.3) is 0 Å². The Balaban J connectivity index is 1.36. The van der Waals surface area contributed by atoms with E-state index in [4.69, 9.17) is 9.47 Å². The predicted octanol–water partition coefficient (Wildman–Crippen LogP) is 4.49. The number of rotatable bonds is 6. The van der Waals surface area contributed by atoms with Crippen molar-refractivity contribution in [2.24, 2.45) is 0 Å². The van der Waals surface area contributed by atoms with Crippen LogP contribution in [-0.2, 0) is 24.1 Å².